The summed E-state index contributed by atoms with van der Waals surface area (Å²) < 4.78 is 27.6. The molecule has 0 amide bonds. The van der Waals surface area contributed by atoms with Crippen molar-refractivity contribution >= 4 is 5.69 Å². The molecule has 2 saturated heterocycles. The summed E-state index contributed by atoms with van der Waals surface area (Å²) in [6.07, 6.45) is -4.88. The summed E-state index contributed by atoms with van der Waals surface area (Å²) in [7, 11) is 0. The number of rotatable bonds is 4. The highest BCUT2D eigenvalue weighted by Crippen LogP contribution is 2.35. The Hall–Kier alpha value is -2.50. The van der Waals surface area contributed by atoms with Gasteiger partial charge in [0, 0.05) is 6.07 Å². The standard InChI is InChI=1S/C17H17NO9/c19-13-14(20)17(25-10-4-1-3-9(7-10)18(21)22)26-12-8-24-16(27-15(12)13)11-5-2-6-23-11/h1-7,12-17,19-20H,8H2. The fraction of sp³-hybridized carbons (Fsp3) is 0.412. The topological polar surface area (TPSA) is 134 Å². The van der Waals surface area contributed by atoms with Gasteiger partial charge in [-0.2, -0.15) is 0 Å². The molecule has 0 bridgehead atoms. The second-order valence-electron chi connectivity index (χ2n) is 6.18. The van der Waals surface area contributed by atoms with Crippen LogP contribution in [0.3, 0.4) is 0 Å². The molecule has 0 radical (unpaired) electrons. The Kier molecular flexibility index (Phi) is 4.81. The highest BCUT2D eigenvalue weighted by molar-refractivity contribution is 5.38. The number of hydrogen-bond donors (Lipinski definition) is 2. The van der Waals surface area contributed by atoms with Crippen LogP contribution in [0.15, 0.2) is 47.1 Å². The Balaban J connectivity index is 1.46. The first-order chi connectivity index (χ1) is 13.0. The zero-order valence-corrected chi connectivity index (χ0v) is 13.9. The highest BCUT2D eigenvalue weighted by atomic mass is 16.8. The van der Waals surface area contributed by atoms with Gasteiger partial charge in [0.15, 0.2) is 5.76 Å². The maximum atomic E-state index is 10.9. The number of aliphatic hydroxyl groups is 2. The molecule has 3 heterocycles. The van der Waals surface area contributed by atoms with Crippen LogP contribution in [-0.2, 0) is 14.2 Å². The molecule has 2 aliphatic heterocycles. The maximum Gasteiger partial charge on any atom is 0.273 e. The molecule has 1 aromatic carbocycles. The van der Waals surface area contributed by atoms with E-state index >= 15 is 0 Å². The van der Waals surface area contributed by atoms with Gasteiger partial charge in [-0.15, -0.1) is 0 Å². The van der Waals surface area contributed by atoms with Crippen molar-refractivity contribution in [1.29, 1.82) is 0 Å². The molecule has 1 aromatic heterocycles. The largest absolute Gasteiger partial charge is 0.464 e. The van der Waals surface area contributed by atoms with E-state index in [1.807, 2.05) is 0 Å². The number of non-ortho nitro benzene ring substituents is 1. The quantitative estimate of drug-likeness (QED) is 0.592. The Labute approximate surface area is 153 Å². The molecule has 4 rings (SSSR count). The summed E-state index contributed by atoms with van der Waals surface area (Å²) in [5.74, 6) is 0.565. The van der Waals surface area contributed by atoms with Crippen molar-refractivity contribution in [3.05, 3.63) is 58.5 Å². The summed E-state index contributed by atoms with van der Waals surface area (Å²) in [6, 6.07) is 8.80. The lowest BCUT2D eigenvalue weighted by atomic mass is 9.98. The number of fused-ring (bicyclic) bond motifs is 1. The summed E-state index contributed by atoms with van der Waals surface area (Å²) in [5.41, 5.74) is -0.165. The number of nitrogens with zero attached hydrogens (tertiary/aromatic N) is 1. The molecular weight excluding hydrogens is 362 g/mol. The summed E-state index contributed by atoms with van der Waals surface area (Å²) in [6.45, 7) is 0.0780. The SMILES string of the molecule is O=[N+]([O-])c1cccc(OC2OC3COC(c4ccco4)OC3C(O)C2O)c1. The van der Waals surface area contributed by atoms with Gasteiger partial charge in [0.2, 0.25) is 12.6 Å². The van der Waals surface area contributed by atoms with Crippen LogP contribution in [0.5, 0.6) is 5.75 Å². The molecule has 6 unspecified atom stereocenters. The fourth-order valence-electron chi connectivity index (χ4n) is 3.05. The van der Waals surface area contributed by atoms with Crippen LogP contribution < -0.4 is 4.74 Å². The lowest BCUT2D eigenvalue weighted by Crippen LogP contribution is -2.62. The van der Waals surface area contributed by atoms with E-state index in [2.05, 4.69) is 0 Å². The van der Waals surface area contributed by atoms with E-state index in [1.165, 1.54) is 30.5 Å². The Morgan fingerprint density at radius 1 is 1.15 bits per heavy atom. The van der Waals surface area contributed by atoms with Crippen LogP contribution in [0.2, 0.25) is 0 Å². The average molecular weight is 379 g/mol. The zero-order valence-electron chi connectivity index (χ0n) is 13.9. The molecule has 2 aliphatic rings. The van der Waals surface area contributed by atoms with E-state index in [1.54, 1.807) is 12.1 Å². The second-order valence-corrected chi connectivity index (χ2v) is 6.18. The van der Waals surface area contributed by atoms with Crippen molar-refractivity contribution in [2.75, 3.05) is 6.61 Å². The van der Waals surface area contributed by atoms with E-state index in [9.17, 15) is 20.3 Å². The number of nitro benzene ring substituents is 1. The van der Waals surface area contributed by atoms with Crippen molar-refractivity contribution in [2.24, 2.45) is 0 Å². The smallest absolute Gasteiger partial charge is 0.273 e. The van der Waals surface area contributed by atoms with E-state index in [0.717, 1.165) is 0 Å². The average Bonchev–Trinajstić information content (AvgIpc) is 3.21. The van der Waals surface area contributed by atoms with Crippen LogP contribution >= 0.6 is 0 Å². The first kappa shape index (κ1) is 17.9. The monoisotopic (exact) mass is 379 g/mol. The maximum absolute atomic E-state index is 10.9. The number of hydrogen-bond acceptors (Lipinski definition) is 9. The van der Waals surface area contributed by atoms with Crippen LogP contribution in [-0.4, -0.2) is 52.4 Å². The van der Waals surface area contributed by atoms with Crippen LogP contribution in [0.25, 0.3) is 0 Å². The van der Waals surface area contributed by atoms with Crippen LogP contribution in [0.4, 0.5) is 5.69 Å². The first-order valence-electron chi connectivity index (χ1n) is 8.26. The Morgan fingerprint density at radius 2 is 2.00 bits per heavy atom. The molecule has 10 nitrogen and oxygen atoms in total. The first-order valence-corrected chi connectivity index (χ1v) is 8.26. The van der Waals surface area contributed by atoms with E-state index in [4.69, 9.17) is 23.4 Å². The minimum atomic E-state index is -1.43. The predicted molar refractivity (Wildman–Crippen MR) is 86.7 cm³/mol. The van der Waals surface area contributed by atoms with Crippen molar-refractivity contribution in [1.82, 2.24) is 0 Å². The molecule has 0 aliphatic carbocycles. The zero-order chi connectivity index (χ0) is 19.0. The van der Waals surface area contributed by atoms with Gasteiger partial charge in [-0.3, -0.25) is 10.1 Å². The lowest BCUT2D eigenvalue weighted by Gasteiger charge is -2.45. The summed E-state index contributed by atoms with van der Waals surface area (Å²) in [4.78, 5) is 10.3. The third-order valence-electron chi connectivity index (χ3n) is 4.39. The van der Waals surface area contributed by atoms with E-state index < -0.39 is 41.9 Å². The number of aliphatic hydroxyl groups excluding tert-OH is 2. The van der Waals surface area contributed by atoms with Gasteiger partial charge in [-0.1, -0.05) is 6.07 Å². The minimum absolute atomic E-state index is 0.0780. The molecule has 2 aromatic rings. The molecule has 2 fully saturated rings. The lowest BCUT2D eigenvalue weighted by molar-refractivity contribution is -0.385. The van der Waals surface area contributed by atoms with Crippen LogP contribution in [0.1, 0.15) is 12.1 Å². The molecular formula is C17H17NO9. The van der Waals surface area contributed by atoms with Crippen molar-refractivity contribution < 1.29 is 38.5 Å². The number of benzene rings is 1. The van der Waals surface area contributed by atoms with Crippen molar-refractivity contribution in [2.45, 2.75) is 37.0 Å². The summed E-state index contributed by atoms with van der Waals surface area (Å²) in [5, 5.41) is 31.7. The number of nitro groups is 1. The number of ether oxygens (including phenoxy) is 4. The third kappa shape index (κ3) is 3.53. The normalized spacial score (nSPS) is 33.3. The van der Waals surface area contributed by atoms with Gasteiger partial charge >= 0.3 is 0 Å². The van der Waals surface area contributed by atoms with Gasteiger partial charge in [-0.05, 0) is 18.2 Å². The van der Waals surface area contributed by atoms with E-state index in [0.29, 0.717) is 5.76 Å². The van der Waals surface area contributed by atoms with E-state index in [-0.39, 0.29) is 18.0 Å². The molecule has 10 heteroatoms. The van der Waals surface area contributed by atoms with Gasteiger partial charge in [-0.25, -0.2) is 0 Å². The molecule has 2 N–H and O–H groups in total. The molecule has 0 spiro atoms. The van der Waals surface area contributed by atoms with Gasteiger partial charge in [0.25, 0.3) is 5.69 Å². The third-order valence-corrected chi connectivity index (χ3v) is 4.39. The highest BCUT2D eigenvalue weighted by Gasteiger charge is 2.50. The minimum Gasteiger partial charge on any atom is -0.464 e. The van der Waals surface area contributed by atoms with Crippen LogP contribution in [0, 0.1) is 10.1 Å². The molecule has 0 saturated carbocycles. The van der Waals surface area contributed by atoms with Crippen molar-refractivity contribution in [3.8, 4) is 5.75 Å². The van der Waals surface area contributed by atoms with Gasteiger partial charge in [0.1, 0.15) is 30.2 Å². The molecule has 144 valence electrons. The Morgan fingerprint density at radius 3 is 2.74 bits per heavy atom. The van der Waals surface area contributed by atoms with Gasteiger partial charge < -0.3 is 33.6 Å². The number of furan rings is 1. The molecule has 27 heavy (non-hydrogen) atoms. The fourth-order valence-corrected chi connectivity index (χ4v) is 3.05. The van der Waals surface area contributed by atoms with Crippen molar-refractivity contribution in [3.63, 3.8) is 0 Å². The second kappa shape index (κ2) is 7.25. The molecule has 6 atom stereocenters. The Bertz CT molecular complexity index is 793. The van der Waals surface area contributed by atoms with Gasteiger partial charge in [0.05, 0.1) is 23.9 Å². The summed E-state index contributed by atoms with van der Waals surface area (Å²) >= 11 is 0. The predicted octanol–water partition coefficient (Wildman–Crippen LogP) is 1.13.